The highest BCUT2D eigenvalue weighted by Gasteiger charge is 2.21. The van der Waals surface area contributed by atoms with E-state index >= 15 is 0 Å². The van der Waals surface area contributed by atoms with E-state index in [1.54, 1.807) is 0 Å². The number of hydrogen-bond acceptors (Lipinski definition) is 3. The predicted octanol–water partition coefficient (Wildman–Crippen LogP) is 1.83. The maximum absolute atomic E-state index is 5.81. The van der Waals surface area contributed by atoms with Gasteiger partial charge in [-0.05, 0) is 30.2 Å². The van der Waals surface area contributed by atoms with Gasteiger partial charge in [-0.15, -0.1) is 0 Å². The van der Waals surface area contributed by atoms with Gasteiger partial charge >= 0.3 is 0 Å². The Balaban J connectivity index is 1.94. The molecule has 2 N–H and O–H groups in total. The summed E-state index contributed by atoms with van der Waals surface area (Å²) < 4.78 is 1.86. The minimum absolute atomic E-state index is 0.841. The molecule has 0 bridgehead atoms. The fourth-order valence-electron chi connectivity index (χ4n) is 2.48. The van der Waals surface area contributed by atoms with Crippen LogP contribution in [0.4, 0.5) is 11.4 Å². The van der Waals surface area contributed by atoms with Crippen LogP contribution in [0.1, 0.15) is 16.8 Å². The van der Waals surface area contributed by atoms with Gasteiger partial charge in [-0.25, -0.2) is 0 Å². The van der Waals surface area contributed by atoms with E-state index in [9.17, 15) is 0 Å². The molecule has 0 atom stereocenters. The third-order valence-corrected chi connectivity index (χ3v) is 3.28. The van der Waals surface area contributed by atoms with Crippen LogP contribution >= 0.6 is 0 Å². The third-order valence-electron chi connectivity index (χ3n) is 3.28. The number of nitrogen functional groups attached to an aromatic ring is 1. The van der Waals surface area contributed by atoms with E-state index in [0.29, 0.717) is 0 Å². The summed E-state index contributed by atoms with van der Waals surface area (Å²) >= 11 is 0. The zero-order chi connectivity index (χ0) is 12.0. The Morgan fingerprint density at radius 3 is 2.71 bits per heavy atom. The first-order valence-electron chi connectivity index (χ1n) is 5.76. The van der Waals surface area contributed by atoms with Gasteiger partial charge in [-0.1, -0.05) is 6.07 Å². The molecule has 1 aromatic carbocycles. The lowest BCUT2D eigenvalue weighted by molar-refractivity contribution is 0.756. The molecular weight excluding hydrogens is 212 g/mol. The molecule has 1 aliphatic heterocycles. The van der Waals surface area contributed by atoms with Gasteiger partial charge in [0.2, 0.25) is 0 Å². The zero-order valence-corrected chi connectivity index (χ0v) is 10.1. The van der Waals surface area contributed by atoms with Crippen molar-refractivity contribution in [2.45, 2.75) is 20.0 Å². The zero-order valence-electron chi connectivity index (χ0n) is 10.1. The summed E-state index contributed by atoms with van der Waals surface area (Å²) in [5, 5.41) is 4.39. The van der Waals surface area contributed by atoms with Gasteiger partial charge in [0.1, 0.15) is 0 Å². The predicted molar refractivity (Wildman–Crippen MR) is 68.7 cm³/mol. The molecule has 0 radical (unpaired) electrons. The van der Waals surface area contributed by atoms with Gasteiger partial charge in [0.25, 0.3) is 0 Å². The largest absolute Gasteiger partial charge is 0.399 e. The van der Waals surface area contributed by atoms with Crippen LogP contribution in [0, 0.1) is 6.92 Å². The minimum atomic E-state index is 0.841. The first kappa shape index (κ1) is 10.2. The fraction of sp³-hybridized carbons (Fsp3) is 0.308. The molecule has 0 spiro atoms. The highest BCUT2D eigenvalue weighted by atomic mass is 15.3. The SMILES string of the molecule is Cc1nn(C)cc1N1Cc2ccc(N)cc2C1. The highest BCUT2D eigenvalue weighted by molar-refractivity contribution is 5.56. The normalized spacial score (nSPS) is 14.1. The van der Waals surface area contributed by atoms with Crippen molar-refractivity contribution in [3.8, 4) is 0 Å². The quantitative estimate of drug-likeness (QED) is 0.757. The summed E-state index contributed by atoms with van der Waals surface area (Å²) in [7, 11) is 1.96. The topological polar surface area (TPSA) is 47.1 Å². The summed E-state index contributed by atoms with van der Waals surface area (Å²) in [6.45, 7) is 3.92. The molecule has 1 aliphatic rings. The molecule has 2 heterocycles. The molecule has 0 saturated heterocycles. The highest BCUT2D eigenvalue weighted by Crippen LogP contribution is 2.30. The smallest absolute Gasteiger partial charge is 0.0827 e. The maximum atomic E-state index is 5.81. The summed E-state index contributed by atoms with van der Waals surface area (Å²) in [5.74, 6) is 0. The molecule has 0 aliphatic carbocycles. The Hall–Kier alpha value is -1.97. The van der Waals surface area contributed by atoms with E-state index in [2.05, 4.69) is 28.3 Å². The van der Waals surface area contributed by atoms with Crippen molar-refractivity contribution in [2.75, 3.05) is 10.6 Å². The molecule has 0 fully saturated rings. The standard InChI is InChI=1S/C13H16N4/c1-9-13(8-16(2)15-9)17-6-10-3-4-12(14)5-11(10)7-17/h3-5,8H,6-7,14H2,1-2H3. The molecule has 4 heteroatoms. The Morgan fingerprint density at radius 1 is 1.24 bits per heavy atom. The molecule has 4 nitrogen and oxygen atoms in total. The van der Waals surface area contributed by atoms with Gasteiger partial charge in [0, 0.05) is 32.0 Å². The van der Waals surface area contributed by atoms with Crippen LogP contribution in [0.2, 0.25) is 0 Å². The summed E-state index contributed by atoms with van der Waals surface area (Å²) in [6.07, 6.45) is 2.07. The van der Waals surface area contributed by atoms with Crippen LogP contribution in [0.5, 0.6) is 0 Å². The summed E-state index contributed by atoms with van der Waals surface area (Å²) in [5.41, 5.74) is 11.6. The van der Waals surface area contributed by atoms with Crippen molar-refractivity contribution >= 4 is 11.4 Å². The Kier molecular flexibility index (Phi) is 2.11. The van der Waals surface area contributed by atoms with Gasteiger partial charge in [0.05, 0.1) is 11.4 Å². The van der Waals surface area contributed by atoms with E-state index in [4.69, 9.17) is 5.73 Å². The molecule has 0 unspecified atom stereocenters. The van der Waals surface area contributed by atoms with Gasteiger partial charge in [-0.2, -0.15) is 5.10 Å². The number of hydrogen-bond donors (Lipinski definition) is 1. The Labute approximate surface area is 101 Å². The molecule has 3 rings (SSSR count). The second-order valence-electron chi connectivity index (χ2n) is 4.66. The van der Waals surface area contributed by atoms with E-state index in [-0.39, 0.29) is 0 Å². The summed E-state index contributed by atoms with van der Waals surface area (Å²) in [4.78, 5) is 2.34. The van der Waals surface area contributed by atoms with Gasteiger partial charge in [0.15, 0.2) is 0 Å². The number of fused-ring (bicyclic) bond motifs is 1. The molecule has 17 heavy (non-hydrogen) atoms. The molecule has 88 valence electrons. The Morgan fingerprint density at radius 2 is 2.00 bits per heavy atom. The van der Waals surface area contributed by atoms with Crippen molar-refractivity contribution in [2.24, 2.45) is 7.05 Å². The first-order valence-corrected chi connectivity index (χ1v) is 5.76. The second kappa shape index (κ2) is 3.52. The number of nitrogens with two attached hydrogens (primary N) is 1. The van der Waals surface area contributed by atoms with Crippen LogP contribution in [0.15, 0.2) is 24.4 Å². The van der Waals surface area contributed by atoms with Crippen molar-refractivity contribution < 1.29 is 0 Å². The number of rotatable bonds is 1. The fourth-order valence-corrected chi connectivity index (χ4v) is 2.48. The Bertz CT molecular complexity index is 571. The molecule has 1 aromatic heterocycles. The third kappa shape index (κ3) is 1.65. The second-order valence-corrected chi connectivity index (χ2v) is 4.66. The van der Waals surface area contributed by atoms with Crippen molar-refractivity contribution in [1.29, 1.82) is 0 Å². The van der Waals surface area contributed by atoms with Crippen LogP contribution < -0.4 is 10.6 Å². The van der Waals surface area contributed by atoms with Crippen LogP contribution in [0.3, 0.4) is 0 Å². The van der Waals surface area contributed by atoms with E-state index in [0.717, 1.165) is 24.5 Å². The van der Waals surface area contributed by atoms with Gasteiger partial charge in [-0.3, -0.25) is 4.68 Å². The van der Waals surface area contributed by atoms with Crippen LogP contribution in [-0.2, 0) is 20.1 Å². The van der Waals surface area contributed by atoms with Gasteiger partial charge < -0.3 is 10.6 Å². The molecular formula is C13H16N4. The number of nitrogens with zero attached hydrogens (tertiary/aromatic N) is 3. The first-order chi connectivity index (χ1) is 8.13. The van der Waals surface area contributed by atoms with E-state index in [1.165, 1.54) is 16.8 Å². The monoisotopic (exact) mass is 228 g/mol. The van der Waals surface area contributed by atoms with Crippen LogP contribution in [-0.4, -0.2) is 9.78 Å². The molecule has 0 saturated carbocycles. The number of aryl methyl sites for hydroxylation is 2. The van der Waals surface area contributed by atoms with Crippen molar-refractivity contribution in [3.05, 3.63) is 41.2 Å². The maximum Gasteiger partial charge on any atom is 0.0827 e. The molecule has 0 amide bonds. The van der Waals surface area contributed by atoms with E-state index < -0.39 is 0 Å². The van der Waals surface area contributed by atoms with Crippen molar-refractivity contribution in [3.63, 3.8) is 0 Å². The lowest BCUT2D eigenvalue weighted by Crippen LogP contribution is -2.14. The lowest BCUT2D eigenvalue weighted by Gasteiger charge is -2.15. The van der Waals surface area contributed by atoms with Crippen molar-refractivity contribution in [1.82, 2.24) is 9.78 Å². The van der Waals surface area contributed by atoms with E-state index in [1.807, 2.05) is 24.7 Å². The average molecular weight is 228 g/mol. The number of anilines is 2. The minimum Gasteiger partial charge on any atom is -0.399 e. The summed E-state index contributed by atoms with van der Waals surface area (Å²) in [6, 6.07) is 6.16. The van der Waals surface area contributed by atoms with Crippen LogP contribution in [0.25, 0.3) is 0 Å². The molecule has 2 aromatic rings. The lowest BCUT2D eigenvalue weighted by atomic mass is 10.1. The number of aromatic nitrogens is 2. The average Bonchev–Trinajstić information content (AvgIpc) is 2.80. The number of benzene rings is 1.